The minimum Gasteiger partial charge on any atom is -0.355 e. The van der Waals surface area contributed by atoms with Crippen molar-refractivity contribution >= 4 is 11.8 Å². The van der Waals surface area contributed by atoms with E-state index in [4.69, 9.17) is 6.42 Å². The van der Waals surface area contributed by atoms with Gasteiger partial charge in [0.05, 0.1) is 5.92 Å². The summed E-state index contributed by atoms with van der Waals surface area (Å²) in [5.41, 5.74) is 0. The topological polar surface area (TPSA) is 58.2 Å². The van der Waals surface area contributed by atoms with Crippen molar-refractivity contribution in [3.8, 4) is 12.3 Å². The predicted octanol–water partition coefficient (Wildman–Crippen LogP) is -0.348. The second-order valence-electron chi connectivity index (χ2n) is 3.28. The fourth-order valence-corrected chi connectivity index (χ4v) is 1.36. The van der Waals surface area contributed by atoms with E-state index in [1.54, 1.807) is 0 Å². The molecule has 0 aromatic rings. The Bertz CT molecular complexity index is 258. The zero-order valence-electron chi connectivity index (χ0n) is 8.01. The summed E-state index contributed by atoms with van der Waals surface area (Å²) in [5, 5.41) is 5.40. The first-order chi connectivity index (χ1) is 6.74. The quantitative estimate of drug-likeness (QED) is 0.476. The summed E-state index contributed by atoms with van der Waals surface area (Å²) in [4.78, 5) is 22.3. The second-order valence-corrected chi connectivity index (χ2v) is 3.28. The summed E-state index contributed by atoms with van der Waals surface area (Å²) in [6, 6.07) is 0. The van der Waals surface area contributed by atoms with Gasteiger partial charge < -0.3 is 10.6 Å². The van der Waals surface area contributed by atoms with Crippen molar-refractivity contribution in [3.63, 3.8) is 0 Å². The Labute approximate surface area is 83.4 Å². The number of piperidine rings is 1. The smallest absolute Gasteiger partial charge is 0.224 e. The van der Waals surface area contributed by atoms with Crippen molar-refractivity contribution < 1.29 is 9.59 Å². The second kappa shape index (κ2) is 5.28. The molecule has 4 nitrogen and oxygen atoms in total. The van der Waals surface area contributed by atoms with E-state index in [1.165, 1.54) is 0 Å². The maximum atomic E-state index is 11.4. The highest BCUT2D eigenvalue weighted by Gasteiger charge is 2.23. The Morgan fingerprint density at radius 3 is 3.07 bits per heavy atom. The van der Waals surface area contributed by atoms with Crippen molar-refractivity contribution in [3.05, 3.63) is 0 Å². The highest BCUT2D eigenvalue weighted by atomic mass is 16.2. The third-order valence-electron chi connectivity index (χ3n) is 2.20. The Kier molecular flexibility index (Phi) is 3.99. The van der Waals surface area contributed by atoms with Crippen LogP contribution in [-0.2, 0) is 9.59 Å². The SMILES string of the molecule is C#CCCNC(=O)C1CCC(=O)NC1. The van der Waals surface area contributed by atoms with Crippen LogP contribution in [0.5, 0.6) is 0 Å². The fraction of sp³-hybridized carbons (Fsp3) is 0.600. The maximum absolute atomic E-state index is 11.4. The first-order valence-electron chi connectivity index (χ1n) is 4.72. The number of carbonyl (C=O) groups is 2. The molecule has 1 rings (SSSR count). The Hall–Kier alpha value is -1.50. The van der Waals surface area contributed by atoms with Gasteiger partial charge in [0.15, 0.2) is 0 Å². The first kappa shape index (κ1) is 10.6. The van der Waals surface area contributed by atoms with Gasteiger partial charge in [-0.25, -0.2) is 0 Å². The molecule has 2 N–H and O–H groups in total. The molecule has 14 heavy (non-hydrogen) atoms. The van der Waals surface area contributed by atoms with Crippen LogP contribution in [0.3, 0.4) is 0 Å². The molecular weight excluding hydrogens is 180 g/mol. The van der Waals surface area contributed by atoms with Gasteiger partial charge in [0, 0.05) is 25.9 Å². The van der Waals surface area contributed by atoms with E-state index in [0.717, 1.165) is 0 Å². The van der Waals surface area contributed by atoms with Gasteiger partial charge in [0.25, 0.3) is 0 Å². The van der Waals surface area contributed by atoms with Crippen LogP contribution in [0, 0.1) is 18.3 Å². The molecule has 4 heteroatoms. The van der Waals surface area contributed by atoms with Crippen LogP contribution in [-0.4, -0.2) is 24.9 Å². The van der Waals surface area contributed by atoms with E-state index in [1.807, 2.05) is 0 Å². The number of hydrogen-bond acceptors (Lipinski definition) is 2. The minimum atomic E-state index is -0.0922. The van der Waals surface area contributed by atoms with Crippen molar-refractivity contribution in [2.24, 2.45) is 5.92 Å². The summed E-state index contributed by atoms with van der Waals surface area (Å²) in [5.74, 6) is 2.37. The van der Waals surface area contributed by atoms with Crippen LogP contribution in [0.1, 0.15) is 19.3 Å². The third kappa shape index (κ3) is 3.09. The summed E-state index contributed by atoms with van der Waals surface area (Å²) in [6.07, 6.45) is 6.67. The Balaban J connectivity index is 2.24. The third-order valence-corrected chi connectivity index (χ3v) is 2.20. The molecule has 1 heterocycles. The molecule has 0 bridgehead atoms. The molecule has 0 aliphatic carbocycles. The van der Waals surface area contributed by atoms with Crippen molar-refractivity contribution in [2.75, 3.05) is 13.1 Å². The molecule has 1 aliphatic heterocycles. The maximum Gasteiger partial charge on any atom is 0.224 e. The molecule has 0 radical (unpaired) electrons. The molecule has 1 atom stereocenters. The number of carbonyl (C=O) groups excluding carboxylic acids is 2. The number of terminal acetylenes is 1. The average molecular weight is 194 g/mol. The van der Waals surface area contributed by atoms with Gasteiger partial charge >= 0.3 is 0 Å². The molecule has 0 spiro atoms. The van der Waals surface area contributed by atoms with Crippen LogP contribution in [0.25, 0.3) is 0 Å². The lowest BCUT2D eigenvalue weighted by Gasteiger charge is -2.21. The zero-order valence-corrected chi connectivity index (χ0v) is 8.01. The van der Waals surface area contributed by atoms with Gasteiger partial charge in [-0.15, -0.1) is 12.3 Å². The van der Waals surface area contributed by atoms with E-state index in [2.05, 4.69) is 16.6 Å². The monoisotopic (exact) mass is 194 g/mol. The summed E-state index contributed by atoms with van der Waals surface area (Å²) < 4.78 is 0. The molecule has 1 saturated heterocycles. The van der Waals surface area contributed by atoms with Crippen molar-refractivity contribution in [1.82, 2.24) is 10.6 Å². The van der Waals surface area contributed by atoms with Gasteiger partial charge in [-0.2, -0.15) is 0 Å². The van der Waals surface area contributed by atoms with Crippen molar-refractivity contribution in [1.29, 1.82) is 0 Å². The lowest BCUT2D eigenvalue weighted by molar-refractivity contribution is -0.128. The van der Waals surface area contributed by atoms with Crippen LogP contribution in [0.2, 0.25) is 0 Å². The molecule has 0 saturated carbocycles. The number of amides is 2. The van der Waals surface area contributed by atoms with E-state index >= 15 is 0 Å². The molecule has 0 aromatic heterocycles. The van der Waals surface area contributed by atoms with E-state index < -0.39 is 0 Å². The van der Waals surface area contributed by atoms with Gasteiger partial charge in [-0.3, -0.25) is 9.59 Å². The van der Waals surface area contributed by atoms with Gasteiger partial charge in [-0.05, 0) is 6.42 Å². The van der Waals surface area contributed by atoms with Crippen LogP contribution < -0.4 is 10.6 Å². The number of rotatable bonds is 3. The van der Waals surface area contributed by atoms with Gasteiger partial charge in [0.2, 0.25) is 11.8 Å². The average Bonchev–Trinajstić information content (AvgIpc) is 2.19. The molecule has 76 valence electrons. The zero-order chi connectivity index (χ0) is 10.4. The standard InChI is InChI=1S/C10H14N2O2/c1-2-3-6-11-10(14)8-4-5-9(13)12-7-8/h1,8H,3-7H2,(H,11,14)(H,12,13). The normalized spacial score (nSPS) is 20.8. The largest absolute Gasteiger partial charge is 0.355 e. The predicted molar refractivity (Wildman–Crippen MR) is 52.2 cm³/mol. The van der Waals surface area contributed by atoms with Gasteiger partial charge in [-0.1, -0.05) is 0 Å². The minimum absolute atomic E-state index is 0.0137. The Morgan fingerprint density at radius 1 is 1.71 bits per heavy atom. The Morgan fingerprint density at radius 2 is 2.50 bits per heavy atom. The lowest BCUT2D eigenvalue weighted by Crippen LogP contribution is -2.43. The highest BCUT2D eigenvalue weighted by Crippen LogP contribution is 2.10. The number of hydrogen-bond donors (Lipinski definition) is 2. The molecule has 1 aliphatic rings. The summed E-state index contributed by atoms with van der Waals surface area (Å²) in [7, 11) is 0. The lowest BCUT2D eigenvalue weighted by atomic mass is 9.98. The van der Waals surface area contributed by atoms with Crippen LogP contribution in [0.4, 0.5) is 0 Å². The van der Waals surface area contributed by atoms with Crippen molar-refractivity contribution in [2.45, 2.75) is 19.3 Å². The van der Waals surface area contributed by atoms with Crippen LogP contribution >= 0.6 is 0 Å². The van der Waals surface area contributed by atoms with Crippen LogP contribution in [0.15, 0.2) is 0 Å². The van der Waals surface area contributed by atoms with E-state index in [9.17, 15) is 9.59 Å². The molecule has 1 fully saturated rings. The summed E-state index contributed by atoms with van der Waals surface area (Å²) in [6.45, 7) is 0.959. The highest BCUT2D eigenvalue weighted by molar-refractivity contribution is 5.83. The molecule has 1 unspecified atom stereocenters. The van der Waals surface area contributed by atoms with Gasteiger partial charge in [0.1, 0.15) is 0 Å². The first-order valence-corrected chi connectivity index (χ1v) is 4.72. The molecular formula is C10H14N2O2. The fourth-order valence-electron chi connectivity index (χ4n) is 1.36. The molecule has 0 aromatic carbocycles. The number of nitrogens with one attached hydrogen (secondary N) is 2. The molecule has 2 amide bonds. The summed E-state index contributed by atoms with van der Waals surface area (Å²) >= 11 is 0. The van der Waals surface area contributed by atoms with E-state index in [0.29, 0.717) is 32.4 Å². The van der Waals surface area contributed by atoms with E-state index in [-0.39, 0.29) is 17.7 Å².